The summed E-state index contributed by atoms with van der Waals surface area (Å²) < 4.78 is 24.1. The van der Waals surface area contributed by atoms with Crippen molar-refractivity contribution >= 4 is 54.0 Å². The van der Waals surface area contributed by atoms with Crippen LogP contribution in [0.25, 0.3) is 10.2 Å². The second-order valence-corrected chi connectivity index (χ2v) is 10.2. The van der Waals surface area contributed by atoms with Crippen molar-refractivity contribution in [1.82, 2.24) is 4.98 Å². The first kappa shape index (κ1) is 19.5. The van der Waals surface area contributed by atoms with Crippen LogP contribution in [-0.4, -0.2) is 38.0 Å². The molecule has 1 fully saturated rings. The molecule has 1 saturated heterocycles. The van der Waals surface area contributed by atoms with Crippen molar-refractivity contribution in [2.45, 2.75) is 18.2 Å². The predicted octanol–water partition coefficient (Wildman–Crippen LogP) is 3.00. The van der Waals surface area contributed by atoms with E-state index in [4.69, 9.17) is 0 Å². The van der Waals surface area contributed by atoms with E-state index in [9.17, 15) is 18.0 Å². The second kappa shape index (κ2) is 7.23. The monoisotopic (exact) mass is 429 g/mol. The van der Waals surface area contributed by atoms with Crippen molar-refractivity contribution in [2.24, 2.45) is 5.92 Å². The zero-order chi connectivity index (χ0) is 20.8. The maximum atomic E-state index is 12.7. The Balaban J connectivity index is 1.49. The van der Waals surface area contributed by atoms with E-state index in [0.717, 1.165) is 17.5 Å². The van der Waals surface area contributed by atoms with Crippen LogP contribution in [0.15, 0.2) is 47.4 Å². The quantitative estimate of drug-likeness (QED) is 0.688. The van der Waals surface area contributed by atoms with Crippen LogP contribution in [0.1, 0.15) is 12.0 Å². The van der Waals surface area contributed by atoms with Gasteiger partial charge < -0.3 is 10.2 Å². The summed E-state index contributed by atoms with van der Waals surface area (Å²) in [5.41, 5.74) is 2.50. The van der Waals surface area contributed by atoms with Crippen LogP contribution < -0.4 is 10.2 Å². The molecule has 2 aromatic carbocycles. The lowest BCUT2D eigenvalue weighted by atomic mass is 10.1. The summed E-state index contributed by atoms with van der Waals surface area (Å²) in [5, 5.41) is 3.16. The third-order valence-corrected chi connectivity index (χ3v) is 6.90. The fraction of sp³-hybridized carbons (Fsp3) is 0.250. The first-order chi connectivity index (χ1) is 13.7. The third kappa shape index (κ3) is 4.01. The zero-order valence-electron chi connectivity index (χ0n) is 15.9. The van der Waals surface area contributed by atoms with Gasteiger partial charge in [-0.25, -0.2) is 13.4 Å². The number of carbonyl (C=O) groups excluding carboxylic acids is 2. The fourth-order valence-electron chi connectivity index (χ4n) is 3.25. The molecule has 0 unspecified atom stereocenters. The van der Waals surface area contributed by atoms with Crippen molar-refractivity contribution in [3.8, 4) is 0 Å². The number of benzene rings is 2. The van der Waals surface area contributed by atoms with Crippen LogP contribution in [-0.2, 0) is 19.4 Å². The minimum absolute atomic E-state index is 0.0869. The van der Waals surface area contributed by atoms with Crippen molar-refractivity contribution in [2.75, 3.05) is 23.0 Å². The number of aryl methyl sites for hydroxylation is 1. The van der Waals surface area contributed by atoms with Crippen LogP contribution >= 0.6 is 11.3 Å². The molecule has 7 nitrogen and oxygen atoms in total. The van der Waals surface area contributed by atoms with Gasteiger partial charge in [0, 0.05) is 24.9 Å². The Bertz CT molecular complexity index is 1220. The molecule has 4 rings (SSSR count). The molecule has 150 valence electrons. The van der Waals surface area contributed by atoms with Gasteiger partial charge in [-0.1, -0.05) is 29.0 Å². The van der Waals surface area contributed by atoms with Gasteiger partial charge in [0.1, 0.15) is 0 Å². The Labute approximate surface area is 172 Å². The molecule has 0 spiro atoms. The highest BCUT2D eigenvalue weighted by atomic mass is 32.2. The molecule has 1 aromatic heterocycles. The molecule has 0 aliphatic carbocycles. The van der Waals surface area contributed by atoms with Crippen LogP contribution in [0.5, 0.6) is 0 Å². The number of nitrogens with zero attached hydrogens (tertiary/aromatic N) is 2. The highest BCUT2D eigenvalue weighted by Crippen LogP contribution is 2.30. The second-order valence-electron chi connectivity index (χ2n) is 7.15. The highest BCUT2D eigenvalue weighted by molar-refractivity contribution is 7.90. The summed E-state index contributed by atoms with van der Waals surface area (Å²) in [6.45, 7) is 2.29. The number of rotatable bonds is 4. The molecule has 29 heavy (non-hydrogen) atoms. The number of fused-ring (bicyclic) bond motifs is 1. The summed E-state index contributed by atoms with van der Waals surface area (Å²) in [5.74, 6) is -0.825. The number of hydrogen-bond donors (Lipinski definition) is 1. The lowest BCUT2D eigenvalue weighted by Crippen LogP contribution is -2.28. The van der Waals surface area contributed by atoms with E-state index < -0.39 is 15.8 Å². The molecule has 1 atom stereocenters. The van der Waals surface area contributed by atoms with E-state index >= 15 is 0 Å². The lowest BCUT2D eigenvalue weighted by molar-refractivity contribution is -0.122. The van der Waals surface area contributed by atoms with Gasteiger partial charge >= 0.3 is 0 Å². The average Bonchev–Trinajstić information content (AvgIpc) is 3.24. The Hall–Kier alpha value is -2.78. The van der Waals surface area contributed by atoms with Gasteiger partial charge in [-0.15, -0.1) is 0 Å². The van der Waals surface area contributed by atoms with E-state index in [1.807, 2.05) is 31.2 Å². The molecule has 0 saturated carbocycles. The number of aromatic nitrogens is 1. The van der Waals surface area contributed by atoms with Crippen LogP contribution in [0, 0.1) is 12.8 Å². The summed E-state index contributed by atoms with van der Waals surface area (Å²) in [4.78, 5) is 31.2. The molecular weight excluding hydrogens is 410 g/mol. The number of sulfone groups is 1. The largest absolute Gasteiger partial charge is 0.312 e. The van der Waals surface area contributed by atoms with Gasteiger partial charge in [-0.2, -0.15) is 0 Å². The molecule has 1 aliphatic heterocycles. The van der Waals surface area contributed by atoms with E-state index in [-0.39, 0.29) is 23.1 Å². The van der Waals surface area contributed by atoms with E-state index in [1.54, 1.807) is 17.0 Å². The van der Waals surface area contributed by atoms with Crippen LogP contribution in [0.3, 0.4) is 0 Å². The number of thiazole rings is 1. The molecule has 2 amide bonds. The Morgan fingerprint density at radius 2 is 1.93 bits per heavy atom. The molecule has 3 aromatic rings. The van der Waals surface area contributed by atoms with Gasteiger partial charge in [-0.3, -0.25) is 9.59 Å². The van der Waals surface area contributed by atoms with Crippen molar-refractivity contribution in [3.63, 3.8) is 0 Å². The molecule has 0 bridgehead atoms. The summed E-state index contributed by atoms with van der Waals surface area (Å²) in [7, 11) is -3.31. The minimum atomic E-state index is -3.31. The lowest BCUT2D eigenvalue weighted by Gasteiger charge is -2.16. The van der Waals surface area contributed by atoms with Crippen molar-refractivity contribution in [1.29, 1.82) is 0 Å². The Morgan fingerprint density at radius 1 is 1.21 bits per heavy atom. The van der Waals surface area contributed by atoms with Crippen molar-refractivity contribution < 1.29 is 18.0 Å². The number of hydrogen-bond acceptors (Lipinski definition) is 6. The summed E-state index contributed by atoms with van der Waals surface area (Å²) in [6.07, 6.45) is 1.29. The number of carbonyl (C=O) groups is 2. The third-order valence-electron chi connectivity index (χ3n) is 4.86. The number of anilines is 2. The van der Waals surface area contributed by atoms with E-state index in [2.05, 4.69) is 10.3 Å². The molecule has 9 heteroatoms. The maximum Gasteiger partial charge on any atom is 0.231 e. The zero-order valence-corrected chi connectivity index (χ0v) is 17.5. The number of nitrogens with one attached hydrogen (secondary N) is 1. The smallest absolute Gasteiger partial charge is 0.231 e. The molecular formula is C20H19N3O4S2. The van der Waals surface area contributed by atoms with E-state index in [0.29, 0.717) is 21.9 Å². The SMILES string of the molecule is Cc1ccc(N2C[C@H](C(=O)Nc3nc4ccc(S(C)(=O)=O)cc4s3)CC2=O)cc1. The van der Waals surface area contributed by atoms with Gasteiger partial charge in [0.05, 0.1) is 21.0 Å². The first-order valence-electron chi connectivity index (χ1n) is 8.99. The van der Waals surface area contributed by atoms with E-state index in [1.165, 1.54) is 17.4 Å². The molecule has 1 N–H and O–H groups in total. The average molecular weight is 430 g/mol. The maximum absolute atomic E-state index is 12.7. The molecule has 1 aliphatic rings. The topological polar surface area (TPSA) is 96.4 Å². The Kier molecular flexibility index (Phi) is 4.87. The van der Waals surface area contributed by atoms with Crippen molar-refractivity contribution in [3.05, 3.63) is 48.0 Å². The summed E-state index contributed by atoms with van der Waals surface area (Å²) >= 11 is 1.21. The summed E-state index contributed by atoms with van der Waals surface area (Å²) in [6, 6.07) is 12.3. The van der Waals surface area contributed by atoms with Crippen LogP contribution in [0.4, 0.5) is 10.8 Å². The fourth-order valence-corrected chi connectivity index (χ4v) is 4.88. The predicted molar refractivity (Wildman–Crippen MR) is 113 cm³/mol. The molecule has 0 radical (unpaired) electrons. The van der Waals surface area contributed by atoms with Gasteiger partial charge in [0.15, 0.2) is 15.0 Å². The van der Waals surface area contributed by atoms with Crippen LogP contribution in [0.2, 0.25) is 0 Å². The van der Waals surface area contributed by atoms with Gasteiger partial charge in [0.2, 0.25) is 11.8 Å². The van der Waals surface area contributed by atoms with Gasteiger partial charge in [-0.05, 0) is 37.3 Å². The first-order valence-corrected chi connectivity index (χ1v) is 11.7. The number of amides is 2. The highest BCUT2D eigenvalue weighted by Gasteiger charge is 2.35. The molecule has 2 heterocycles. The van der Waals surface area contributed by atoms with Gasteiger partial charge in [0.25, 0.3) is 0 Å². The standard InChI is InChI=1S/C20H19N3O4S2/c1-12-3-5-14(6-4-12)23-11-13(9-18(23)24)19(25)22-20-21-16-8-7-15(29(2,26)27)10-17(16)28-20/h3-8,10,13H,9,11H2,1-2H3,(H,21,22,25)/t13-/m1/s1. The minimum Gasteiger partial charge on any atom is -0.312 e. The Morgan fingerprint density at radius 3 is 2.62 bits per heavy atom. The normalized spacial score (nSPS) is 17.1.